The molecule has 2 amide bonds. The third kappa shape index (κ3) is 5.97. The third-order valence-corrected chi connectivity index (χ3v) is 8.24. The summed E-state index contributed by atoms with van der Waals surface area (Å²) in [5.74, 6) is -0.129. The predicted molar refractivity (Wildman–Crippen MR) is 154 cm³/mol. The Labute approximate surface area is 243 Å². The number of anilines is 1. The van der Waals surface area contributed by atoms with E-state index in [0.29, 0.717) is 47.7 Å². The first-order valence-electron chi connectivity index (χ1n) is 14.6. The van der Waals surface area contributed by atoms with Crippen LogP contribution in [0.2, 0.25) is 0 Å². The van der Waals surface area contributed by atoms with E-state index in [0.717, 1.165) is 38.9 Å². The Kier molecular flexibility index (Phi) is 7.85. The highest BCUT2D eigenvalue weighted by Gasteiger charge is 2.45. The lowest BCUT2D eigenvalue weighted by Gasteiger charge is -2.25. The van der Waals surface area contributed by atoms with Crippen molar-refractivity contribution in [1.82, 2.24) is 19.4 Å². The van der Waals surface area contributed by atoms with Gasteiger partial charge in [-0.3, -0.25) is 19.8 Å². The largest absolute Gasteiger partial charge is 0.586 e. The molecule has 2 aromatic carbocycles. The minimum absolute atomic E-state index is 0.00373. The summed E-state index contributed by atoms with van der Waals surface area (Å²) < 4.78 is 39.3. The van der Waals surface area contributed by atoms with Crippen molar-refractivity contribution < 1.29 is 27.8 Å². The van der Waals surface area contributed by atoms with E-state index in [1.807, 2.05) is 21.6 Å². The van der Waals surface area contributed by atoms with Crippen LogP contribution in [0.5, 0.6) is 11.5 Å². The van der Waals surface area contributed by atoms with Gasteiger partial charge in [0.15, 0.2) is 11.5 Å². The van der Waals surface area contributed by atoms with Gasteiger partial charge < -0.3 is 18.9 Å². The number of carbonyl (C=O) groups is 2. The maximum Gasteiger partial charge on any atom is 0.586 e. The molecular weight excluding hydrogens is 544 g/mol. The molecule has 0 aliphatic carbocycles. The minimum Gasteiger partial charge on any atom is -0.395 e. The van der Waals surface area contributed by atoms with E-state index in [1.54, 1.807) is 37.3 Å². The van der Waals surface area contributed by atoms with E-state index in [2.05, 4.69) is 15.2 Å². The molecule has 0 radical (unpaired) electrons. The van der Waals surface area contributed by atoms with E-state index in [4.69, 9.17) is 9.47 Å². The summed E-state index contributed by atoms with van der Waals surface area (Å²) in [5, 5.41) is 2.92. The van der Waals surface area contributed by atoms with Gasteiger partial charge in [-0.15, -0.1) is 8.78 Å². The van der Waals surface area contributed by atoms with Crippen LogP contribution in [0.15, 0.2) is 48.6 Å². The zero-order valence-electron chi connectivity index (χ0n) is 23.7. The van der Waals surface area contributed by atoms with Gasteiger partial charge in [-0.2, -0.15) is 0 Å². The highest BCUT2D eigenvalue weighted by Crippen LogP contribution is 2.47. The van der Waals surface area contributed by atoms with Crippen LogP contribution in [0.1, 0.15) is 48.0 Å². The van der Waals surface area contributed by atoms with Crippen molar-refractivity contribution in [2.24, 2.45) is 5.92 Å². The second-order valence-electron chi connectivity index (χ2n) is 11.3. The third-order valence-electron chi connectivity index (χ3n) is 8.24. The number of hydrogen-bond donors (Lipinski definition) is 1. The molecule has 3 aliphatic heterocycles. The van der Waals surface area contributed by atoms with Crippen LogP contribution in [0.4, 0.5) is 14.7 Å². The Hall–Kier alpha value is -3.99. The van der Waals surface area contributed by atoms with Crippen LogP contribution in [0.3, 0.4) is 0 Å². The van der Waals surface area contributed by atoms with Crippen molar-refractivity contribution in [3.8, 4) is 11.5 Å². The number of aryl methyl sites for hydroxylation is 1. The molecule has 3 aliphatic rings. The van der Waals surface area contributed by atoms with E-state index >= 15 is 0 Å². The standard InChI is InChI=1S/C31H35F2N5O4/c1-21-27-24(18-25-28(21)42-31(32,33)41-25)34-30(35-29(40)23-11-3-2-4-12-23)38(27)20-22-10-5-6-17-37(19-22)26(39)13-9-16-36-14-7-8-15-36/h2-4,9,11-13,18,22H,5-8,10,14-17,19-20H2,1H3,(H,34,35,40)/b13-9+/t22-/m1/s1. The minimum atomic E-state index is -3.76. The van der Waals surface area contributed by atoms with Crippen molar-refractivity contribution in [3.63, 3.8) is 0 Å². The molecule has 4 heterocycles. The van der Waals surface area contributed by atoms with Gasteiger partial charge in [-0.05, 0) is 63.7 Å². The SMILES string of the molecule is Cc1c2c(cc3nc(NC(=O)c4ccccc4)n(C[C@@H]4CCCCN(C(=O)/C=C/CN5CCCC5)C4)c13)OC(F)(F)O2. The number of amides is 2. The summed E-state index contributed by atoms with van der Waals surface area (Å²) >= 11 is 0. The molecule has 6 rings (SSSR count). The van der Waals surface area contributed by atoms with Gasteiger partial charge in [0.1, 0.15) is 0 Å². The summed E-state index contributed by atoms with van der Waals surface area (Å²) in [6.45, 7) is 6.26. The zero-order valence-corrected chi connectivity index (χ0v) is 23.7. The molecule has 9 nitrogen and oxygen atoms in total. The van der Waals surface area contributed by atoms with Gasteiger partial charge in [0, 0.05) is 49.4 Å². The number of imidazole rings is 1. The zero-order chi connectivity index (χ0) is 29.3. The number of carbonyl (C=O) groups excluding carboxylic acids is 2. The summed E-state index contributed by atoms with van der Waals surface area (Å²) in [5.41, 5.74) is 1.89. The predicted octanol–water partition coefficient (Wildman–Crippen LogP) is 5.20. The molecule has 0 spiro atoms. The molecule has 0 bridgehead atoms. The quantitative estimate of drug-likeness (QED) is 0.387. The van der Waals surface area contributed by atoms with Crippen LogP contribution >= 0.6 is 0 Å². The lowest BCUT2D eigenvalue weighted by molar-refractivity contribution is -0.286. The number of nitrogens with zero attached hydrogens (tertiary/aromatic N) is 4. The van der Waals surface area contributed by atoms with Crippen LogP contribution in [0, 0.1) is 12.8 Å². The molecule has 3 aromatic rings. The highest BCUT2D eigenvalue weighted by atomic mass is 19.3. The van der Waals surface area contributed by atoms with Crippen molar-refractivity contribution in [1.29, 1.82) is 0 Å². The molecule has 2 fully saturated rings. The van der Waals surface area contributed by atoms with E-state index < -0.39 is 6.29 Å². The van der Waals surface area contributed by atoms with E-state index in [1.165, 1.54) is 18.9 Å². The van der Waals surface area contributed by atoms with E-state index in [-0.39, 0.29) is 29.2 Å². The highest BCUT2D eigenvalue weighted by molar-refractivity contribution is 6.04. The molecule has 222 valence electrons. The topological polar surface area (TPSA) is 88.9 Å². The van der Waals surface area contributed by atoms with Gasteiger partial charge in [0.25, 0.3) is 5.91 Å². The number of rotatable bonds is 7. The molecule has 0 saturated carbocycles. The molecule has 1 N–H and O–H groups in total. The first-order valence-corrected chi connectivity index (χ1v) is 14.6. The number of aromatic nitrogens is 2. The number of likely N-dealkylation sites (tertiary alicyclic amines) is 2. The summed E-state index contributed by atoms with van der Waals surface area (Å²) in [6, 6.07) is 10.2. The lowest BCUT2D eigenvalue weighted by atomic mass is 10.0. The number of ether oxygens (including phenoxy) is 2. The van der Waals surface area contributed by atoms with Gasteiger partial charge in [0.05, 0.1) is 11.0 Å². The normalized spacial score (nSPS) is 20.4. The molecule has 1 aromatic heterocycles. The fraction of sp³-hybridized carbons (Fsp3) is 0.452. The lowest BCUT2D eigenvalue weighted by Crippen LogP contribution is -2.35. The second kappa shape index (κ2) is 11.7. The monoisotopic (exact) mass is 579 g/mol. The fourth-order valence-electron chi connectivity index (χ4n) is 6.17. The van der Waals surface area contributed by atoms with Crippen molar-refractivity contribution in [3.05, 3.63) is 59.7 Å². The Bertz CT molecular complexity index is 1500. The van der Waals surface area contributed by atoms with Crippen LogP contribution in [0.25, 0.3) is 11.0 Å². The van der Waals surface area contributed by atoms with Crippen molar-refractivity contribution >= 4 is 28.8 Å². The Balaban J connectivity index is 1.28. The first-order chi connectivity index (χ1) is 20.3. The smallest absolute Gasteiger partial charge is 0.395 e. The molecule has 0 unspecified atom stereocenters. The summed E-state index contributed by atoms with van der Waals surface area (Å²) in [4.78, 5) is 35.1. The molecule has 11 heteroatoms. The Morgan fingerprint density at radius 1 is 1.10 bits per heavy atom. The number of benzene rings is 2. The second-order valence-corrected chi connectivity index (χ2v) is 11.3. The van der Waals surface area contributed by atoms with Crippen molar-refractivity contribution in [2.75, 3.05) is 38.0 Å². The average molecular weight is 580 g/mol. The van der Waals surface area contributed by atoms with E-state index in [9.17, 15) is 18.4 Å². The molecule has 1 atom stereocenters. The first kappa shape index (κ1) is 28.1. The number of nitrogens with one attached hydrogen (secondary N) is 1. The van der Waals surface area contributed by atoms with Gasteiger partial charge in [-0.1, -0.05) is 30.7 Å². The number of hydrogen-bond acceptors (Lipinski definition) is 6. The molecule has 42 heavy (non-hydrogen) atoms. The fourth-order valence-corrected chi connectivity index (χ4v) is 6.17. The van der Waals surface area contributed by atoms with Crippen LogP contribution in [-0.2, 0) is 11.3 Å². The number of halogens is 2. The Morgan fingerprint density at radius 3 is 2.64 bits per heavy atom. The van der Waals surface area contributed by atoms with Crippen LogP contribution in [-0.4, -0.2) is 70.2 Å². The maximum absolute atomic E-state index is 14.0. The van der Waals surface area contributed by atoms with Crippen LogP contribution < -0.4 is 14.8 Å². The summed E-state index contributed by atoms with van der Waals surface area (Å²) in [6.07, 6.45) is 5.01. The Morgan fingerprint density at radius 2 is 1.86 bits per heavy atom. The molecular formula is C31H35F2N5O4. The van der Waals surface area contributed by atoms with Gasteiger partial charge >= 0.3 is 6.29 Å². The summed E-state index contributed by atoms with van der Waals surface area (Å²) in [7, 11) is 0. The number of alkyl halides is 2. The molecule has 2 saturated heterocycles. The van der Waals surface area contributed by atoms with Gasteiger partial charge in [-0.25, -0.2) is 4.98 Å². The average Bonchev–Trinajstić information content (AvgIpc) is 3.62. The number of fused-ring (bicyclic) bond motifs is 2. The van der Waals surface area contributed by atoms with Gasteiger partial charge in [0.2, 0.25) is 11.9 Å². The van der Waals surface area contributed by atoms with Crippen molar-refractivity contribution in [2.45, 2.75) is 51.9 Å². The maximum atomic E-state index is 14.0.